The summed E-state index contributed by atoms with van der Waals surface area (Å²) in [4.78, 5) is 34.4. The molecule has 0 aromatic carbocycles. The van der Waals surface area contributed by atoms with E-state index in [0.29, 0.717) is 25.8 Å². The van der Waals surface area contributed by atoms with E-state index in [1.54, 1.807) is 13.8 Å². The highest BCUT2D eigenvalue weighted by Gasteiger charge is 2.46. The Hall–Kier alpha value is -1.93. The zero-order chi connectivity index (χ0) is 25.1. The summed E-state index contributed by atoms with van der Waals surface area (Å²) in [5, 5.41) is 34.0. The molecule has 1 rings (SSSR count). The molecule has 1 heterocycles. The van der Waals surface area contributed by atoms with Crippen molar-refractivity contribution < 1.29 is 48.0 Å². The molecule has 0 radical (unpaired) electrons. The quantitative estimate of drug-likeness (QED) is 0.164. The fraction of sp³-hybridized carbons (Fsp3) is 0.850. The first-order valence-electron chi connectivity index (χ1n) is 10.9. The highest BCUT2D eigenvalue weighted by atomic mass is 19.3. The highest BCUT2D eigenvalue weighted by Crippen LogP contribution is 2.23. The number of alkyl halides is 2. The topological polar surface area (TPSA) is 180 Å². The van der Waals surface area contributed by atoms with Crippen molar-refractivity contribution >= 4 is 17.7 Å². The van der Waals surface area contributed by atoms with Crippen molar-refractivity contribution in [1.82, 2.24) is 10.6 Å². The molecule has 7 N–H and O–H groups in total. The predicted molar refractivity (Wildman–Crippen MR) is 111 cm³/mol. The number of carbonyl (C=O) groups excluding carboxylic acids is 3. The number of nitrogens with one attached hydrogen (secondary N) is 2. The van der Waals surface area contributed by atoms with Crippen LogP contribution in [0.1, 0.15) is 39.5 Å². The number of hydrogen-bond donors (Lipinski definition) is 6. The van der Waals surface area contributed by atoms with E-state index in [2.05, 4.69) is 5.32 Å². The standard InChI is InChI=1S/C20H35F2N3O8/c1-10(17(23)29)11(2)18(30)24-7-5-3-4-6-8-32-20-13(25-19(31)16(21)22)15(28)14(27)12(9-26)33-20/h10-16,20,26-28H,3-9H2,1-2H3,(H2,23,29)(H,24,30)(H,25,31). The Morgan fingerprint density at radius 2 is 1.67 bits per heavy atom. The molecular weight excluding hydrogens is 448 g/mol. The second kappa shape index (κ2) is 14.4. The number of aliphatic hydroxyl groups is 3. The molecular formula is C20H35F2N3O8. The number of ether oxygens (including phenoxy) is 2. The van der Waals surface area contributed by atoms with Gasteiger partial charge in [0.1, 0.15) is 24.4 Å². The fourth-order valence-corrected chi connectivity index (χ4v) is 3.23. The fourth-order valence-electron chi connectivity index (χ4n) is 3.23. The van der Waals surface area contributed by atoms with E-state index >= 15 is 0 Å². The smallest absolute Gasteiger partial charge is 0.315 e. The zero-order valence-corrected chi connectivity index (χ0v) is 18.8. The maximum atomic E-state index is 12.6. The molecule has 1 fully saturated rings. The van der Waals surface area contributed by atoms with E-state index in [-0.39, 0.29) is 12.5 Å². The average molecular weight is 484 g/mol. The van der Waals surface area contributed by atoms with Gasteiger partial charge in [0.25, 0.3) is 5.91 Å². The molecule has 0 aromatic heterocycles. The van der Waals surface area contributed by atoms with Crippen LogP contribution in [-0.2, 0) is 23.9 Å². The second-order valence-corrected chi connectivity index (χ2v) is 8.10. The third-order valence-electron chi connectivity index (χ3n) is 5.65. The normalized spacial score (nSPS) is 27.1. The van der Waals surface area contributed by atoms with Gasteiger partial charge in [-0.2, -0.15) is 8.78 Å². The summed E-state index contributed by atoms with van der Waals surface area (Å²) in [7, 11) is 0. The molecule has 0 bridgehead atoms. The molecule has 3 amide bonds. The number of halogens is 2. The summed E-state index contributed by atoms with van der Waals surface area (Å²) in [6.07, 6.45) is -6.50. The summed E-state index contributed by atoms with van der Waals surface area (Å²) in [5.74, 6) is -3.53. The van der Waals surface area contributed by atoms with Crippen molar-refractivity contribution in [3.63, 3.8) is 0 Å². The Labute approximate surface area is 191 Å². The van der Waals surface area contributed by atoms with Gasteiger partial charge in [-0.1, -0.05) is 26.7 Å². The minimum Gasteiger partial charge on any atom is -0.394 e. The third kappa shape index (κ3) is 9.08. The molecule has 13 heteroatoms. The van der Waals surface area contributed by atoms with E-state index in [4.69, 9.17) is 15.2 Å². The van der Waals surface area contributed by atoms with Crippen LogP contribution in [0.5, 0.6) is 0 Å². The molecule has 0 spiro atoms. The lowest BCUT2D eigenvalue weighted by molar-refractivity contribution is -0.270. The van der Waals surface area contributed by atoms with E-state index in [1.165, 1.54) is 0 Å². The minimum absolute atomic E-state index is 0.103. The SMILES string of the molecule is CC(C(N)=O)C(C)C(=O)NCCCCCCOC1OC(CO)C(O)C(O)C1NC(=O)C(F)F. The number of amides is 3. The van der Waals surface area contributed by atoms with Crippen LogP contribution in [0.3, 0.4) is 0 Å². The van der Waals surface area contributed by atoms with Crippen molar-refractivity contribution in [2.75, 3.05) is 19.8 Å². The summed E-state index contributed by atoms with van der Waals surface area (Å²) in [6, 6.07) is -1.44. The number of rotatable bonds is 14. The van der Waals surface area contributed by atoms with Gasteiger partial charge in [-0.05, 0) is 12.8 Å². The second-order valence-electron chi connectivity index (χ2n) is 8.10. The van der Waals surface area contributed by atoms with Crippen LogP contribution in [0.25, 0.3) is 0 Å². The lowest BCUT2D eigenvalue weighted by Crippen LogP contribution is -2.65. The van der Waals surface area contributed by atoms with Crippen LogP contribution in [0.2, 0.25) is 0 Å². The van der Waals surface area contributed by atoms with Gasteiger partial charge in [0, 0.05) is 25.0 Å². The maximum Gasteiger partial charge on any atom is 0.315 e. The first-order chi connectivity index (χ1) is 15.5. The van der Waals surface area contributed by atoms with Crippen molar-refractivity contribution in [3.8, 4) is 0 Å². The van der Waals surface area contributed by atoms with Crippen LogP contribution < -0.4 is 16.4 Å². The third-order valence-corrected chi connectivity index (χ3v) is 5.65. The van der Waals surface area contributed by atoms with E-state index in [1.807, 2.05) is 5.32 Å². The van der Waals surface area contributed by atoms with Crippen molar-refractivity contribution in [2.24, 2.45) is 17.6 Å². The highest BCUT2D eigenvalue weighted by molar-refractivity contribution is 5.86. The monoisotopic (exact) mass is 483 g/mol. The molecule has 7 atom stereocenters. The Bertz CT molecular complexity index is 642. The summed E-state index contributed by atoms with van der Waals surface area (Å²) >= 11 is 0. The summed E-state index contributed by atoms with van der Waals surface area (Å²) in [5.41, 5.74) is 5.19. The number of hydrogen-bond acceptors (Lipinski definition) is 8. The van der Waals surface area contributed by atoms with Gasteiger partial charge >= 0.3 is 6.43 Å². The molecule has 7 unspecified atom stereocenters. The molecule has 33 heavy (non-hydrogen) atoms. The Morgan fingerprint density at radius 3 is 2.24 bits per heavy atom. The van der Waals surface area contributed by atoms with Gasteiger partial charge in [-0.25, -0.2) is 0 Å². The molecule has 1 aliphatic rings. The van der Waals surface area contributed by atoms with Crippen molar-refractivity contribution in [2.45, 2.75) is 76.6 Å². The van der Waals surface area contributed by atoms with Crippen molar-refractivity contribution in [1.29, 1.82) is 0 Å². The van der Waals surface area contributed by atoms with E-state index in [9.17, 15) is 38.5 Å². The number of nitrogens with two attached hydrogens (primary N) is 1. The van der Waals surface area contributed by atoms with Gasteiger partial charge in [0.15, 0.2) is 6.29 Å². The van der Waals surface area contributed by atoms with Crippen LogP contribution in [0, 0.1) is 11.8 Å². The van der Waals surface area contributed by atoms with Gasteiger partial charge < -0.3 is 41.2 Å². The predicted octanol–water partition coefficient (Wildman–Crippen LogP) is -1.37. The first-order valence-corrected chi connectivity index (χ1v) is 10.9. The lowest BCUT2D eigenvalue weighted by atomic mass is 9.94. The van der Waals surface area contributed by atoms with Crippen LogP contribution in [0.4, 0.5) is 8.78 Å². The molecule has 1 aliphatic heterocycles. The molecule has 0 aliphatic carbocycles. The number of unbranched alkanes of at least 4 members (excludes halogenated alkanes) is 3. The minimum atomic E-state index is -3.33. The van der Waals surface area contributed by atoms with Crippen LogP contribution in [0.15, 0.2) is 0 Å². The molecule has 0 aromatic rings. The van der Waals surface area contributed by atoms with Gasteiger partial charge in [-0.15, -0.1) is 0 Å². The van der Waals surface area contributed by atoms with Gasteiger partial charge in [-0.3, -0.25) is 14.4 Å². The van der Waals surface area contributed by atoms with E-state index in [0.717, 1.165) is 6.42 Å². The number of primary amides is 1. The number of carbonyl (C=O) groups is 3. The van der Waals surface area contributed by atoms with Crippen molar-refractivity contribution in [3.05, 3.63) is 0 Å². The summed E-state index contributed by atoms with van der Waals surface area (Å²) < 4.78 is 35.9. The first kappa shape index (κ1) is 29.1. The van der Waals surface area contributed by atoms with Gasteiger partial charge in [0.05, 0.1) is 6.61 Å². The Kier molecular flexibility index (Phi) is 12.7. The molecule has 0 saturated carbocycles. The lowest BCUT2D eigenvalue weighted by Gasteiger charge is -2.42. The zero-order valence-electron chi connectivity index (χ0n) is 18.8. The summed E-state index contributed by atoms with van der Waals surface area (Å²) in [6.45, 7) is 3.10. The number of aliphatic hydroxyl groups excluding tert-OH is 3. The molecule has 11 nitrogen and oxygen atoms in total. The largest absolute Gasteiger partial charge is 0.394 e. The maximum absolute atomic E-state index is 12.6. The Balaban J connectivity index is 2.37. The Morgan fingerprint density at radius 1 is 1.03 bits per heavy atom. The van der Waals surface area contributed by atoms with E-state index < -0.39 is 67.3 Å². The van der Waals surface area contributed by atoms with Gasteiger partial charge in [0.2, 0.25) is 11.8 Å². The average Bonchev–Trinajstić information content (AvgIpc) is 2.78. The molecule has 1 saturated heterocycles. The molecule has 192 valence electrons. The van der Waals surface area contributed by atoms with Crippen LogP contribution >= 0.6 is 0 Å². The van der Waals surface area contributed by atoms with Crippen LogP contribution in [-0.4, -0.2) is 89.9 Å².